The Morgan fingerprint density at radius 2 is 1.44 bits per heavy atom. The van der Waals surface area contributed by atoms with Crippen molar-refractivity contribution in [1.29, 1.82) is 0 Å². The van der Waals surface area contributed by atoms with Crippen LogP contribution < -0.4 is 20.2 Å². The second-order valence-corrected chi connectivity index (χ2v) is 8.13. The van der Waals surface area contributed by atoms with Gasteiger partial charge in [0.05, 0.1) is 24.9 Å². The number of rotatable bonds is 7. The van der Waals surface area contributed by atoms with Gasteiger partial charge in [0.25, 0.3) is 0 Å². The van der Waals surface area contributed by atoms with Gasteiger partial charge in [-0.2, -0.15) is 5.10 Å². The summed E-state index contributed by atoms with van der Waals surface area (Å²) in [5.74, 6) is 0.869. The Balaban J connectivity index is 1.42. The molecule has 1 aliphatic rings. The van der Waals surface area contributed by atoms with Crippen LogP contribution in [0.2, 0.25) is 0 Å². The fraction of sp³-hybridized carbons (Fsp3) is 0.417. The molecule has 32 heavy (non-hydrogen) atoms. The Morgan fingerprint density at radius 3 is 1.91 bits per heavy atom. The highest BCUT2D eigenvalue weighted by molar-refractivity contribution is 5.54. The smallest absolute Gasteiger partial charge is 0.350 e. The molecular weight excluding hydrogens is 406 g/mol. The van der Waals surface area contributed by atoms with Gasteiger partial charge in [0.1, 0.15) is 12.1 Å². The fourth-order valence-corrected chi connectivity index (χ4v) is 4.28. The third-order valence-corrected chi connectivity index (χ3v) is 6.19. The van der Waals surface area contributed by atoms with Gasteiger partial charge in [-0.25, -0.2) is 14.0 Å². The molecule has 0 spiro atoms. The number of hydrogen-bond acceptors (Lipinski definition) is 6. The first-order valence-electron chi connectivity index (χ1n) is 11.1. The van der Waals surface area contributed by atoms with Gasteiger partial charge in [0.15, 0.2) is 0 Å². The number of nitrogens with zero attached hydrogens (tertiary/aromatic N) is 5. The average molecular weight is 438 g/mol. The van der Waals surface area contributed by atoms with Crippen LogP contribution in [0.3, 0.4) is 0 Å². The van der Waals surface area contributed by atoms with E-state index in [2.05, 4.69) is 27.0 Å². The lowest BCUT2D eigenvalue weighted by atomic mass is 10.1. The lowest BCUT2D eigenvalue weighted by molar-refractivity contribution is 0.118. The van der Waals surface area contributed by atoms with Crippen molar-refractivity contribution >= 4 is 11.4 Å². The highest BCUT2D eigenvalue weighted by Crippen LogP contribution is 2.23. The molecule has 2 atom stereocenters. The van der Waals surface area contributed by atoms with Crippen LogP contribution in [0.15, 0.2) is 59.7 Å². The lowest BCUT2D eigenvalue weighted by Crippen LogP contribution is -2.46. The van der Waals surface area contributed by atoms with Gasteiger partial charge in [0, 0.05) is 37.6 Å². The van der Waals surface area contributed by atoms with E-state index in [1.807, 2.05) is 43.3 Å². The highest BCUT2D eigenvalue weighted by Gasteiger charge is 2.21. The van der Waals surface area contributed by atoms with Gasteiger partial charge in [-0.3, -0.25) is 0 Å². The lowest BCUT2D eigenvalue weighted by Gasteiger charge is -2.37. The minimum absolute atomic E-state index is 0.237. The molecule has 4 rings (SSSR count). The first kappa shape index (κ1) is 22.0. The third kappa shape index (κ3) is 4.36. The van der Waals surface area contributed by atoms with E-state index in [0.717, 1.165) is 43.3 Å². The predicted octanol–water partition coefficient (Wildman–Crippen LogP) is 2.70. The largest absolute Gasteiger partial charge is 0.497 e. The van der Waals surface area contributed by atoms with E-state index >= 15 is 0 Å². The van der Waals surface area contributed by atoms with Gasteiger partial charge in [-0.1, -0.05) is 6.92 Å². The normalized spacial score (nSPS) is 16.1. The molecule has 1 N–H and O–H groups in total. The molecule has 0 saturated carbocycles. The molecule has 3 aromatic rings. The molecule has 8 nitrogen and oxygen atoms in total. The number of anilines is 2. The van der Waals surface area contributed by atoms with Crippen molar-refractivity contribution in [2.24, 2.45) is 0 Å². The molecule has 1 saturated heterocycles. The van der Waals surface area contributed by atoms with Crippen molar-refractivity contribution in [3.8, 4) is 11.4 Å². The van der Waals surface area contributed by atoms with Crippen LogP contribution in [-0.2, 0) is 0 Å². The summed E-state index contributed by atoms with van der Waals surface area (Å²) in [5.41, 5.74) is 2.87. The average Bonchev–Trinajstić information content (AvgIpc) is 3.20. The quantitative estimate of drug-likeness (QED) is 0.613. The molecule has 1 fully saturated rings. The zero-order chi connectivity index (χ0) is 22.7. The number of methoxy groups -OCH3 is 1. The van der Waals surface area contributed by atoms with E-state index in [1.54, 1.807) is 14.0 Å². The van der Waals surface area contributed by atoms with Crippen molar-refractivity contribution in [3.63, 3.8) is 0 Å². The molecular formula is C24H31N5O3. The Bertz CT molecular complexity index is 1060. The first-order valence-corrected chi connectivity index (χ1v) is 11.1. The van der Waals surface area contributed by atoms with Gasteiger partial charge < -0.3 is 19.6 Å². The molecule has 1 aromatic heterocycles. The Labute approximate surface area is 188 Å². The molecule has 0 amide bonds. The second kappa shape index (κ2) is 9.48. The van der Waals surface area contributed by atoms with Crippen molar-refractivity contribution < 1.29 is 9.84 Å². The summed E-state index contributed by atoms with van der Waals surface area (Å²) in [6, 6.07) is 15.9. The molecule has 2 heterocycles. The van der Waals surface area contributed by atoms with E-state index in [1.165, 1.54) is 21.3 Å². The molecule has 2 aromatic carbocycles. The molecule has 1 aliphatic heterocycles. The summed E-state index contributed by atoms with van der Waals surface area (Å²) in [6.45, 7) is 7.36. The summed E-state index contributed by atoms with van der Waals surface area (Å²) < 4.78 is 8.14. The Hall–Kier alpha value is -3.26. The van der Waals surface area contributed by atoms with Gasteiger partial charge >= 0.3 is 5.69 Å². The number of aliphatic hydroxyl groups excluding tert-OH is 1. The Kier molecular flexibility index (Phi) is 6.50. The maximum Gasteiger partial charge on any atom is 0.350 e. The maximum atomic E-state index is 12.8. The first-order chi connectivity index (χ1) is 15.5. The number of aromatic nitrogens is 3. The zero-order valence-electron chi connectivity index (χ0n) is 18.9. The number of benzene rings is 2. The standard InChI is InChI=1S/C24H31N5O3/c1-4-23(18(2)30)29-24(31)28(17-25-29)21-7-5-19(6-8-21)26-13-15-27(16-14-26)20-9-11-22(32-3)12-10-20/h5-12,17-18,23,30H,4,13-16H2,1-3H3/t18-,23-/m0/s1. The van der Waals surface area contributed by atoms with Crippen LogP contribution in [0.5, 0.6) is 5.75 Å². The SMILES string of the molecule is CC[C@@H]([C@H](C)O)n1ncn(-c2ccc(N3CCN(c4ccc(OC)cc4)CC3)cc2)c1=O. The summed E-state index contributed by atoms with van der Waals surface area (Å²) in [5, 5.41) is 14.2. The maximum absolute atomic E-state index is 12.8. The summed E-state index contributed by atoms with van der Waals surface area (Å²) in [7, 11) is 1.68. The molecule has 0 radical (unpaired) electrons. The minimum Gasteiger partial charge on any atom is -0.497 e. The molecule has 170 valence electrons. The van der Waals surface area contributed by atoms with Crippen LogP contribution in [0, 0.1) is 0 Å². The highest BCUT2D eigenvalue weighted by atomic mass is 16.5. The molecule has 0 aliphatic carbocycles. The van der Waals surface area contributed by atoms with E-state index in [4.69, 9.17) is 4.74 Å². The van der Waals surface area contributed by atoms with Crippen LogP contribution in [0.4, 0.5) is 11.4 Å². The molecule has 0 bridgehead atoms. The minimum atomic E-state index is -0.639. The van der Waals surface area contributed by atoms with Gasteiger partial charge in [0.2, 0.25) is 0 Å². The fourth-order valence-electron chi connectivity index (χ4n) is 4.28. The summed E-state index contributed by atoms with van der Waals surface area (Å²) in [6.07, 6.45) is 1.52. The number of ether oxygens (including phenoxy) is 1. The van der Waals surface area contributed by atoms with Crippen LogP contribution in [0.25, 0.3) is 5.69 Å². The topological polar surface area (TPSA) is 75.8 Å². The molecule has 0 unspecified atom stereocenters. The summed E-state index contributed by atoms with van der Waals surface area (Å²) >= 11 is 0. The van der Waals surface area contributed by atoms with E-state index in [9.17, 15) is 9.90 Å². The monoisotopic (exact) mass is 437 g/mol. The van der Waals surface area contributed by atoms with E-state index in [-0.39, 0.29) is 11.7 Å². The number of hydrogen-bond donors (Lipinski definition) is 1. The summed E-state index contributed by atoms with van der Waals surface area (Å²) in [4.78, 5) is 17.5. The number of aliphatic hydroxyl groups is 1. The van der Waals surface area contributed by atoms with Crippen molar-refractivity contribution in [3.05, 3.63) is 65.3 Å². The Morgan fingerprint density at radius 1 is 0.938 bits per heavy atom. The van der Waals surface area contributed by atoms with Crippen molar-refractivity contribution in [2.45, 2.75) is 32.4 Å². The van der Waals surface area contributed by atoms with E-state index in [0.29, 0.717) is 6.42 Å². The van der Waals surface area contributed by atoms with Crippen molar-refractivity contribution in [1.82, 2.24) is 14.3 Å². The van der Waals surface area contributed by atoms with Crippen molar-refractivity contribution in [2.75, 3.05) is 43.1 Å². The number of piperazine rings is 1. The third-order valence-electron chi connectivity index (χ3n) is 6.19. The van der Waals surface area contributed by atoms with Gasteiger partial charge in [-0.15, -0.1) is 0 Å². The van der Waals surface area contributed by atoms with Gasteiger partial charge in [-0.05, 0) is 61.9 Å². The van der Waals surface area contributed by atoms with Crippen LogP contribution in [-0.4, -0.2) is 58.8 Å². The van der Waals surface area contributed by atoms with E-state index < -0.39 is 6.10 Å². The zero-order valence-corrected chi connectivity index (χ0v) is 18.9. The predicted molar refractivity (Wildman–Crippen MR) is 126 cm³/mol. The molecule has 8 heteroatoms. The van der Waals surface area contributed by atoms with Crippen LogP contribution in [0.1, 0.15) is 26.3 Å². The second-order valence-electron chi connectivity index (χ2n) is 8.13. The van der Waals surface area contributed by atoms with Crippen LogP contribution >= 0.6 is 0 Å².